The van der Waals surface area contributed by atoms with Crippen LogP contribution in [0.5, 0.6) is 0 Å². The number of primary amides is 1. The van der Waals surface area contributed by atoms with Crippen molar-refractivity contribution in [1.82, 2.24) is 19.5 Å². The van der Waals surface area contributed by atoms with E-state index >= 15 is 0 Å². The molecule has 1 saturated carbocycles. The van der Waals surface area contributed by atoms with Crippen LogP contribution < -0.4 is 11.1 Å². The molecule has 28 heavy (non-hydrogen) atoms. The molecule has 1 aliphatic carbocycles. The number of rotatable bonds is 6. The molecule has 0 radical (unpaired) electrons. The summed E-state index contributed by atoms with van der Waals surface area (Å²) in [6.45, 7) is 0.274. The van der Waals surface area contributed by atoms with Gasteiger partial charge in [0.25, 0.3) is 0 Å². The predicted molar refractivity (Wildman–Crippen MR) is 98.4 cm³/mol. The molecule has 144 valence electrons. The van der Waals surface area contributed by atoms with Crippen molar-refractivity contribution in [1.29, 1.82) is 0 Å². The van der Waals surface area contributed by atoms with Gasteiger partial charge in [0.05, 0.1) is 29.3 Å². The van der Waals surface area contributed by atoms with E-state index in [4.69, 9.17) is 5.73 Å². The Morgan fingerprint density at radius 1 is 1.29 bits per heavy atom. The summed E-state index contributed by atoms with van der Waals surface area (Å²) < 4.78 is 29.5. The van der Waals surface area contributed by atoms with Crippen LogP contribution in [-0.2, 0) is 5.41 Å². The molecule has 0 spiro atoms. The van der Waals surface area contributed by atoms with Crippen molar-refractivity contribution in [3.8, 4) is 5.69 Å². The van der Waals surface area contributed by atoms with E-state index in [-0.39, 0.29) is 25.1 Å². The van der Waals surface area contributed by atoms with E-state index < -0.39 is 23.3 Å². The predicted octanol–water partition coefficient (Wildman–Crippen LogP) is 2.38. The molecule has 3 heterocycles. The van der Waals surface area contributed by atoms with E-state index in [0.717, 1.165) is 0 Å². The molecule has 3 aromatic heterocycles. The van der Waals surface area contributed by atoms with Gasteiger partial charge in [0.15, 0.2) is 0 Å². The van der Waals surface area contributed by atoms with E-state index in [1.807, 2.05) is 0 Å². The van der Waals surface area contributed by atoms with E-state index in [1.54, 1.807) is 35.4 Å². The Morgan fingerprint density at radius 2 is 2.04 bits per heavy atom. The van der Waals surface area contributed by atoms with Crippen molar-refractivity contribution >= 4 is 11.9 Å². The van der Waals surface area contributed by atoms with Crippen LogP contribution in [0.4, 0.5) is 14.7 Å². The maximum absolute atomic E-state index is 14.2. The van der Waals surface area contributed by atoms with Gasteiger partial charge in [0.2, 0.25) is 11.9 Å². The van der Waals surface area contributed by atoms with Crippen LogP contribution in [0, 0.1) is 5.82 Å². The summed E-state index contributed by atoms with van der Waals surface area (Å²) in [6, 6.07) is 4.44. The van der Waals surface area contributed by atoms with Gasteiger partial charge in [-0.15, -0.1) is 0 Å². The van der Waals surface area contributed by atoms with Gasteiger partial charge in [-0.05, 0) is 31.0 Å². The summed E-state index contributed by atoms with van der Waals surface area (Å²) >= 11 is 0. The monoisotopic (exact) mass is 384 g/mol. The molecule has 1 aliphatic rings. The molecule has 7 nitrogen and oxygen atoms in total. The number of halogens is 2. The van der Waals surface area contributed by atoms with Crippen LogP contribution in [0.3, 0.4) is 0 Å². The third kappa shape index (κ3) is 3.30. The zero-order chi connectivity index (χ0) is 19.7. The molecule has 4 rings (SSSR count). The molecular weight excluding hydrogens is 366 g/mol. The average Bonchev–Trinajstić information content (AvgIpc) is 3.16. The Morgan fingerprint density at radius 3 is 2.64 bits per heavy atom. The lowest BCUT2D eigenvalue weighted by Crippen LogP contribution is -2.49. The van der Waals surface area contributed by atoms with Crippen molar-refractivity contribution in [3.05, 3.63) is 66.3 Å². The molecule has 0 unspecified atom stereocenters. The van der Waals surface area contributed by atoms with Crippen LogP contribution in [0.1, 0.15) is 28.9 Å². The number of nitrogens with one attached hydrogen (secondary N) is 1. The van der Waals surface area contributed by atoms with E-state index in [1.165, 1.54) is 18.3 Å². The molecule has 0 aromatic carbocycles. The SMILES string of the molecule is NC(=O)c1ccn(-c2cnc(NCC3(c4ncccc4F)CC(F)C3)nc2)c1. The van der Waals surface area contributed by atoms with Crippen LogP contribution in [0.2, 0.25) is 0 Å². The first-order valence-corrected chi connectivity index (χ1v) is 8.76. The Bertz CT molecular complexity index is 998. The van der Waals surface area contributed by atoms with Crippen LogP contribution in [0.15, 0.2) is 49.2 Å². The van der Waals surface area contributed by atoms with Crippen LogP contribution in [-0.4, -0.2) is 38.1 Å². The fraction of sp³-hybridized carbons (Fsp3) is 0.263. The number of nitrogens with zero attached hydrogens (tertiary/aromatic N) is 4. The minimum absolute atomic E-state index is 0.200. The Hall–Kier alpha value is -3.36. The second kappa shape index (κ2) is 6.99. The van der Waals surface area contributed by atoms with E-state index in [9.17, 15) is 13.6 Å². The molecule has 9 heteroatoms. The average molecular weight is 384 g/mol. The largest absolute Gasteiger partial charge is 0.366 e. The zero-order valence-electron chi connectivity index (χ0n) is 14.8. The highest BCUT2D eigenvalue weighted by atomic mass is 19.1. The molecule has 0 saturated heterocycles. The fourth-order valence-electron chi connectivity index (χ4n) is 3.48. The zero-order valence-corrected chi connectivity index (χ0v) is 14.8. The van der Waals surface area contributed by atoms with Crippen molar-refractivity contribution in [2.24, 2.45) is 5.73 Å². The van der Waals surface area contributed by atoms with Crippen molar-refractivity contribution < 1.29 is 13.6 Å². The summed E-state index contributed by atoms with van der Waals surface area (Å²) in [7, 11) is 0. The molecule has 3 aromatic rings. The van der Waals surface area contributed by atoms with Gasteiger partial charge in [-0.2, -0.15) is 0 Å². The number of pyridine rings is 1. The van der Waals surface area contributed by atoms with Crippen molar-refractivity contribution in [2.45, 2.75) is 24.4 Å². The second-order valence-electron chi connectivity index (χ2n) is 6.91. The normalized spacial score (nSPS) is 21.1. The summed E-state index contributed by atoms with van der Waals surface area (Å²) in [5.41, 5.74) is 5.82. The number of anilines is 1. The minimum Gasteiger partial charge on any atom is -0.366 e. The Labute approximate surface area is 159 Å². The third-order valence-electron chi connectivity index (χ3n) is 4.98. The molecule has 0 atom stereocenters. The number of amides is 1. The van der Waals surface area contributed by atoms with Crippen molar-refractivity contribution in [2.75, 3.05) is 11.9 Å². The highest BCUT2D eigenvalue weighted by Gasteiger charge is 2.48. The Kier molecular flexibility index (Phi) is 4.50. The van der Waals surface area contributed by atoms with Crippen LogP contribution in [0.25, 0.3) is 5.69 Å². The molecule has 1 fully saturated rings. The highest BCUT2D eigenvalue weighted by Crippen LogP contribution is 2.45. The highest BCUT2D eigenvalue weighted by molar-refractivity contribution is 5.92. The quantitative estimate of drug-likeness (QED) is 0.680. The van der Waals surface area contributed by atoms with Gasteiger partial charge in [-0.25, -0.2) is 18.7 Å². The topological polar surface area (TPSA) is 98.7 Å². The van der Waals surface area contributed by atoms with E-state index in [0.29, 0.717) is 17.2 Å². The number of hydrogen-bond acceptors (Lipinski definition) is 5. The van der Waals surface area contributed by atoms with Gasteiger partial charge in [-0.3, -0.25) is 9.78 Å². The number of alkyl halides is 1. The lowest BCUT2D eigenvalue weighted by molar-refractivity contribution is 0.0963. The number of hydrogen-bond donors (Lipinski definition) is 2. The molecule has 0 aliphatic heterocycles. The minimum atomic E-state index is -0.973. The van der Waals surface area contributed by atoms with Gasteiger partial charge >= 0.3 is 0 Å². The number of nitrogens with two attached hydrogens (primary N) is 1. The van der Waals surface area contributed by atoms with E-state index in [2.05, 4.69) is 20.3 Å². The van der Waals surface area contributed by atoms with Crippen molar-refractivity contribution in [3.63, 3.8) is 0 Å². The lowest BCUT2D eigenvalue weighted by atomic mass is 9.65. The lowest BCUT2D eigenvalue weighted by Gasteiger charge is -2.43. The molecule has 3 N–H and O–H groups in total. The molecule has 0 bridgehead atoms. The first kappa shape index (κ1) is 18.0. The maximum Gasteiger partial charge on any atom is 0.250 e. The summed E-state index contributed by atoms with van der Waals surface area (Å²) in [4.78, 5) is 23.8. The molecule has 1 amide bonds. The third-order valence-corrected chi connectivity index (χ3v) is 4.98. The first-order valence-electron chi connectivity index (χ1n) is 8.76. The molecular formula is C19H18F2N6O. The van der Waals surface area contributed by atoms with Gasteiger partial charge in [-0.1, -0.05) is 0 Å². The number of carbonyl (C=O) groups excluding carboxylic acids is 1. The smallest absolute Gasteiger partial charge is 0.250 e. The standard InChI is InChI=1S/C19H18F2N6O/c20-13-6-19(7-13,16-15(21)2-1-4-23-16)11-26-18-24-8-14(9-25-18)27-5-3-12(10-27)17(22)28/h1-5,8-10,13H,6-7,11H2,(H2,22,28)(H,24,25,26). The number of carbonyl (C=O) groups is 1. The summed E-state index contributed by atoms with van der Waals surface area (Å²) in [6.07, 6.45) is 7.35. The maximum atomic E-state index is 14.2. The second-order valence-corrected chi connectivity index (χ2v) is 6.91. The van der Waals surface area contributed by atoms with Gasteiger partial charge in [0.1, 0.15) is 12.0 Å². The van der Waals surface area contributed by atoms with Crippen LogP contribution >= 0.6 is 0 Å². The van der Waals surface area contributed by atoms with Gasteiger partial charge < -0.3 is 15.6 Å². The first-order chi connectivity index (χ1) is 13.5. The van der Waals surface area contributed by atoms with Gasteiger partial charge in [0, 0.05) is 30.6 Å². The fourth-order valence-corrected chi connectivity index (χ4v) is 3.48. The Balaban J connectivity index is 1.48. The number of aromatic nitrogens is 4. The summed E-state index contributed by atoms with van der Waals surface area (Å²) in [5.74, 6) is -0.619. The summed E-state index contributed by atoms with van der Waals surface area (Å²) in [5, 5.41) is 3.06.